The molecule has 1 saturated heterocycles. The minimum absolute atomic E-state index is 0.0833. The van der Waals surface area contributed by atoms with E-state index >= 15 is 0 Å². The van der Waals surface area contributed by atoms with Gasteiger partial charge in [-0.2, -0.15) is 0 Å². The standard InChI is InChI=1S/C25H31N5O3/c1-3-18(2)24(31)30-13-9-22(10-14-30)33-21-6-4-20(5-7-21)28-25(32)27-17-19-8-12-29-15-11-26-23(29)16-19/h4-8,11-12,15-16,18,22H,3,9-10,13-14,17H2,1-2H3,(H2,27,28,32)/t18-/m0/s1. The summed E-state index contributed by atoms with van der Waals surface area (Å²) in [4.78, 5) is 30.8. The molecule has 0 spiro atoms. The van der Waals surface area contributed by atoms with Crippen molar-refractivity contribution in [3.63, 3.8) is 0 Å². The first-order chi connectivity index (χ1) is 16.0. The Morgan fingerprint density at radius 2 is 1.91 bits per heavy atom. The van der Waals surface area contributed by atoms with Gasteiger partial charge in [-0.05, 0) is 48.4 Å². The maximum absolute atomic E-state index is 12.3. The summed E-state index contributed by atoms with van der Waals surface area (Å²) >= 11 is 0. The predicted molar refractivity (Wildman–Crippen MR) is 127 cm³/mol. The number of nitrogens with zero attached hydrogens (tertiary/aromatic N) is 3. The number of anilines is 1. The smallest absolute Gasteiger partial charge is 0.319 e. The molecule has 4 rings (SSSR count). The van der Waals surface area contributed by atoms with Gasteiger partial charge in [-0.1, -0.05) is 13.8 Å². The van der Waals surface area contributed by atoms with E-state index in [1.54, 1.807) is 6.20 Å². The highest BCUT2D eigenvalue weighted by molar-refractivity contribution is 5.89. The minimum Gasteiger partial charge on any atom is -0.490 e. The van der Waals surface area contributed by atoms with E-state index in [-0.39, 0.29) is 24.0 Å². The molecule has 3 heterocycles. The van der Waals surface area contributed by atoms with E-state index in [4.69, 9.17) is 4.74 Å². The topological polar surface area (TPSA) is 88.0 Å². The molecule has 0 saturated carbocycles. The number of nitrogens with one attached hydrogen (secondary N) is 2. The van der Waals surface area contributed by atoms with Crippen LogP contribution in [0.15, 0.2) is 55.0 Å². The van der Waals surface area contributed by atoms with Crippen LogP contribution in [0.3, 0.4) is 0 Å². The van der Waals surface area contributed by atoms with Crippen molar-refractivity contribution >= 4 is 23.3 Å². The van der Waals surface area contributed by atoms with Crippen molar-refractivity contribution < 1.29 is 14.3 Å². The quantitative estimate of drug-likeness (QED) is 0.569. The van der Waals surface area contributed by atoms with Crippen LogP contribution in [0, 0.1) is 5.92 Å². The Labute approximate surface area is 193 Å². The summed E-state index contributed by atoms with van der Waals surface area (Å²) in [6.45, 7) is 5.92. The molecule has 1 fully saturated rings. The van der Waals surface area contributed by atoms with Gasteiger partial charge < -0.3 is 24.7 Å². The number of urea groups is 1. The van der Waals surface area contributed by atoms with Gasteiger partial charge in [0.1, 0.15) is 17.5 Å². The fourth-order valence-corrected chi connectivity index (χ4v) is 3.91. The second kappa shape index (κ2) is 10.4. The third-order valence-corrected chi connectivity index (χ3v) is 6.12. The molecule has 0 radical (unpaired) electrons. The van der Waals surface area contributed by atoms with Crippen LogP contribution in [0.2, 0.25) is 0 Å². The number of imidazole rings is 1. The highest BCUT2D eigenvalue weighted by atomic mass is 16.5. The molecule has 1 atom stereocenters. The molecule has 8 heteroatoms. The van der Waals surface area contributed by atoms with E-state index in [1.807, 2.05) is 71.9 Å². The zero-order chi connectivity index (χ0) is 23.2. The summed E-state index contributed by atoms with van der Waals surface area (Å²) in [5, 5.41) is 5.70. The average Bonchev–Trinajstić information content (AvgIpc) is 3.31. The van der Waals surface area contributed by atoms with Gasteiger partial charge >= 0.3 is 6.03 Å². The van der Waals surface area contributed by atoms with Crippen LogP contribution in [0.25, 0.3) is 5.65 Å². The lowest BCUT2D eigenvalue weighted by atomic mass is 10.0. The first-order valence-electron chi connectivity index (χ1n) is 11.5. The molecule has 1 aliphatic heterocycles. The molecular weight excluding hydrogens is 418 g/mol. The summed E-state index contributed by atoms with van der Waals surface area (Å²) in [7, 11) is 0. The van der Waals surface area contributed by atoms with Crippen LogP contribution in [0.5, 0.6) is 5.75 Å². The van der Waals surface area contributed by atoms with E-state index in [9.17, 15) is 9.59 Å². The van der Waals surface area contributed by atoms with Crippen LogP contribution in [0.4, 0.5) is 10.5 Å². The number of pyridine rings is 1. The predicted octanol–water partition coefficient (Wildman–Crippen LogP) is 4.07. The third-order valence-electron chi connectivity index (χ3n) is 6.12. The van der Waals surface area contributed by atoms with Crippen molar-refractivity contribution in [3.05, 3.63) is 60.6 Å². The van der Waals surface area contributed by atoms with Gasteiger partial charge in [-0.15, -0.1) is 0 Å². The summed E-state index contributed by atoms with van der Waals surface area (Å²) in [6, 6.07) is 11.0. The number of likely N-dealkylation sites (tertiary alicyclic amines) is 1. The zero-order valence-corrected chi connectivity index (χ0v) is 19.2. The second-order valence-electron chi connectivity index (χ2n) is 8.51. The first kappa shape index (κ1) is 22.6. The van der Waals surface area contributed by atoms with Gasteiger partial charge in [-0.25, -0.2) is 9.78 Å². The molecule has 2 aromatic heterocycles. The van der Waals surface area contributed by atoms with Crippen molar-refractivity contribution in [2.75, 3.05) is 18.4 Å². The minimum atomic E-state index is -0.273. The maximum Gasteiger partial charge on any atom is 0.319 e. The van der Waals surface area contributed by atoms with Gasteiger partial charge in [0.15, 0.2) is 0 Å². The van der Waals surface area contributed by atoms with Crippen LogP contribution in [0.1, 0.15) is 38.7 Å². The molecule has 0 aliphatic carbocycles. The van der Waals surface area contributed by atoms with E-state index in [1.165, 1.54) is 0 Å². The van der Waals surface area contributed by atoms with Crippen molar-refractivity contribution in [3.8, 4) is 5.75 Å². The molecule has 2 N–H and O–H groups in total. The van der Waals surface area contributed by atoms with Gasteiger partial charge in [-0.3, -0.25) is 4.79 Å². The van der Waals surface area contributed by atoms with Crippen LogP contribution >= 0.6 is 0 Å². The number of carbonyl (C=O) groups excluding carboxylic acids is 2. The average molecular weight is 450 g/mol. The Hall–Kier alpha value is -3.55. The highest BCUT2D eigenvalue weighted by Gasteiger charge is 2.26. The monoisotopic (exact) mass is 449 g/mol. The fraction of sp³-hybridized carbons (Fsp3) is 0.400. The molecule has 1 aliphatic rings. The number of piperidine rings is 1. The Balaban J connectivity index is 1.21. The van der Waals surface area contributed by atoms with Gasteiger partial charge in [0.05, 0.1) is 0 Å². The molecule has 174 valence electrons. The number of fused-ring (bicyclic) bond motifs is 1. The number of rotatable bonds is 7. The lowest BCUT2D eigenvalue weighted by Crippen LogP contribution is -2.43. The lowest BCUT2D eigenvalue weighted by molar-refractivity contribution is -0.136. The number of hydrogen-bond donors (Lipinski definition) is 2. The maximum atomic E-state index is 12.3. The van der Waals surface area contributed by atoms with E-state index in [0.717, 1.165) is 49.3 Å². The summed E-state index contributed by atoms with van der Waals surface area (Å²) < 4.78 is 8.01. The Morgan fingerprint density at radius 1 is 1.15 bits per heavy atom. The summed E-state index contributed by atoms with van der Waals surface area (Å²) in [5.41, 5.74) is 2.51. The number of hydrogen-bond acceptors (Lipinski definition) is 4. The molecule has 0 bridgehead atoms. The third kappa shape index (κ3) is 5.83. The number of ether oxygens (including phenoxy) is 1. The second-order valence-corrected chi connectivity index (χ2v) is 8.51. The lowest BCUT2D eigenvalue weighted by Gasteiger charge is -2.33. The largest absolute Gasteiger partial charge is 0.490 e. The van der Waals surface area contributed by atoms with Gasteiger partial charge in [0.25, 0.3) is 0 Å². The summed E-state index contributed by atoms with van der Waals surface area (Å²) in [6.07, 6.45) is 8.16. The molecule has 0 unspecified atom stereocenters. The van der Waals surface area contributed by atoms with Crippen LogP contribution in [-0.2, 0) is 11.3 Å². The van der Waals surface area contributed by atoms with Crippen LogP contribution in [-0.4, -0.2) is 45.4 Å². The Morgan fingerprint density at radius 3 is 2.64 bits per heavy atom. The number of carbonyl (C=O) groups is 2. The van der Waals surface area contributed by atoms with E-state index in [2.05, 4.69) is 15.6 Å². The molecule has 3 amide bonds. The Bertz CT molecular complexity index is 1090. The Kier molecular flexibility index (Phi) is 7.12. The van der Waals surface area contributed by atoms with E-state index < -0.39 is 0 Å². The van der Waals surface area contributed by atoms with E-state index in [0.29, 0.717) is 12.2 Å². The normalized spacial score (nSPS) is 15.3. The molecular formula is C25H31N5O3. The fourth-order valence-electron chi connectivity index (χ4n) is 3.91. The number of benzene rings is 1. The van der Waals surface area contributed by atoms with Crippen molar-refractivity contribution in [2.24, 2.45) is 5.92 Å². The van der Waals surface area contributed by atoms with Crippen molar-refractivity contribution in [1.29, 1.82) is 0 Å². The van der Waals surface area contributed by atoms with Gasteiger partial charge in [0.2, 0.25) is 5.91 Å². The zero-order valence-electron chi connectivity index (χ0n) is 19.2. The van der Waals surface area contributed by atoms with Crippen LogP contribution < -0.4 is 15.4 Å². The first-order valence-corrected chi connectivity index (χ1v) is 11.5. The highest BCUT2D eigenvalue weighted by Crippen LogP contribution is 2.22. The number of amides is 3. The van der Waals surface area contributed by atoms with Crippen molar-refractivity contribution in [2.45, 2.75) is 45.8 Å². The SMILES string of the molecule is CC[C@H](C)C(=O)N1CCC(Oc2ccc(NC(=O)NCc3ccn4ccnc4c3)cc2)CC1. The number of aromatic nitrogens is 2. The van der Waals surface area contributed by atoms with Gasteiger partial charge in [0, 0.05) is 62.7 Å². The molecule has 1 aromatic carbocycles. The molecule has 8 nitrogen and oxygen atoms in total. The molecule has 33 heavy (non-hydrogen) atoms. The molecule has 3 aromatic rings. The summed E-state index contributed by atoms with van der Waals surface area (Å²) in [5.74, 6) is 1.09. The van der Waals surface area contributed by atoms with Crippen molar-refractivity contribution in [1.82, 2.24) is 19.6 Å².